The summed E-state index contributed by atoms with van der Waals surface area (Å²) in [4.78, 5) is 0. The molecule has 0 radical (unpaired) electrons. The minimum atomic E-state index is 1.13. The van der Waals surface area contributed by atoms with Crippen molar-refractivity contribution in [2.24, 2.45) is 0 Å². The van der Waals surface area contributed by atoms with Crippen LogP contribution in [0, 0.1) is 0 Å². The monoisotopic (exact) mass is 306 g/mol. The zero-order valence-electron chi connectivity index (χ0n) is 11.3. The number of benzene rings is 1. The van der Waals surface area contributed by atoms with E-state index in [2.05, 4.69) is 47.1 Å². The SMILES string of the molecule is CCCCCCCCC1=CCc2ccc(Br)cc21. The molecule has 2 rings (SSSR count). The van der Waals surface area contributed by atoms with Crippen LogP contribution in [0.2, 0.25) is 0 Å². The molecule has 0 saturated heterocycles. The third-order valence-corrected chi connectivity index (χ3v) is 4.28. The predicted octanol–water partition coefficient (Wildman–Crippen LogP) is 6.14. The predicted molar refractivity (Wildman–Crippen MR) is 83.8 cm³/mol. The number of fused-ring (bicyclic) bond motifs is 1. The van der Waals surface area contributed by atoms with Gasteiger partial charge in [-0.05, 0) is 48.1 Å². The average molecular weight is 307 g/mol. The molecule has 1 heteroatoms. The van der Waals surface area contributed by atoms with Gasteiger partial charge in [0.25, 0.3) is 0 Å². The summed E-state index contributed by atoms with van der Waals surface area (Å²) in [6.07, 6.45) is 13.1. The lowest BCUT2D eigenvalue weighted by molar-refractivity contribution is 0.613. The first-order valence-corrected chi connectivity index (χ1v) is 8.08. The van der Waals surface area contributed by atoms with Crippen LogP contribution >= 0.6 is 15.9 Å². The van der Waals surface area contributed by atoms with Gasteiger partial charge in [-0.15, -0.1) is 0 Å². The van der Waals surface area contributed by atoms with E-state index in [1.165, 1.54) is 60.5 Å². The molecule has 1 aromatic carbocycles. The number of hydrogen-bond donors (Lipinski definition) is 0. The zero-order valence-corrected chi connectivity index (χ0v) is 12.9. The highest BCUT2D eigenvalue weighted by Crippen LogP contribution is 2.33. The second-order valence-electron chi connectivity index (χ2n) is 5.25. The largest absolute Gasteiger partial charge is 0.0763 e. The van der Waals surface area contributed by atoms with Gasteiger partial charge in [0.05, 0.1) is 0 Å². The second-order valence-corrected chi connectivity index (χ2v) is 6.17. The van der Waals surface area contributed by atoms with Crippen LogP contribution in [0.25, 0.3) is 5.57 Å². The fourth-order valence-electron chi connectivity index (χ4n) is 2.70. The van der Waals surface area contributed by atoms with E-state index < -0.39 is 0 Å². The van der Waals surface area contributed by atoms with E-state index in [-0.39, 0.29) is 0 Å². The molecule has 0 aromatic heterocycles. The number of hydrogen-bond acceptors (Lipinski definition) is 0. The minimum absolute atomic E-state index is 1.13. The van der Waals surface area contributed by atoms with Crippen LogP contribution in [0.1, 0.15) is 63.0 Å². The Labute approximate surface area is 120 Å². The summed E-state index contributed by atoms with van der Waals surface area (Å²) >= 11 is 3.58. The lowest BCUT2D eigenvalue weighted by atomic mass is 10.00. The maximum absolute atomic E-state index is 3.58. The summed E-state index contributed by atoms with van der Waals surface area (Å²) in [6.45, 7) is 2.28. The first-order chi connectivity index (χ1) is 8.81. The summed E-state index contributed by atoms with van der Waals surface area (Å²) in [5.41, 5.74) is 4.55. The quantitative estimate of drug-likeness (QED) is 0.531. The fraction of sp³-hybridized carbons (Fsp3) is 0.529. The molecule has 1 aliphatic carbocycles. The van der Waals surface area contributed by atoms with Gasteiger partial charge < -0.3 is 0 Å². The smallest absolute Gasteiger partial charge is 0.0181 e. The summed E-state index contributed by atoms with van der Waals surface area (Å²) in [5.74, 6) is 0. The van der Waals surface area contributed by atoms with E-state index in [4.69, 9.17) is 0 Å². The lowest BCUT2D eigenvalue weighted by Gasteiger charge is -2.06. The molecule has 98 valence electrons. The van der Waals surface area contributed by atoms with Crippen LogP contribution in [0.5, 0.6) is 0 Å². The number of unbranched alkanes of at least 4 members (excludes halogenated alkanes) is 5. The molecule has 0 nitrogen and oxygen atoms in total. The molecule has 0 aliphatic heterocycles. The number of rotatable bonds is 7. The van der Waals surface area contributed by atoms with Crippen molar-refractivity contribution in [2.75, 3.05) is 0 Å². The Hall–Kier alpha value is -0.560. The molecular weight excluding hydrogens is 284 g/mol. The van der Waals surface area contributed by atoms with Crippen molar-refractivity contribution in [3.63, 3.8) is 0 Å². The van der Waals surface area contributed by atoms with Gasteiger partial charge in [0.15, 0.2) is 0 Å². The fourth-order valence-corrected chi connectivity index (χ4v) is 3.06. The Balaban J connectivity index is 1.77. The summed E-state index contributed by atoms with van der Waals surface area (Å²) in [6, 6.07) is 6.69. The van der Waals surface area contributed by atoms with E-state index in [9.17, 15) is 0 Å². The highest BCUT2D eigenvalue weighted by molar-refractivity contribution is 9.10. The average Bonchev–Trinajstić information content (AvgIpc) is 2.76. The molecule has 0 atom stereocenters. The third-order valence-electron chi connectivity index (χ3n) is 3.79. The topological polar surface area (TPSA) is 0 Å². The maximum Gasteiger partial charge on any atom is 0.0181 e. The van der Waals surface area contributed by atoms with Gasteiger partial charge in [-0.25, -0.2) is 0 Å². The van der Waals surface area contributed by atoms with E-state index in [1.54, 1.807) is 5.57 Å². The normalized spacial score (nSPS) is 13.6. The first kappa shape index (κ1) is 13.9. The van der Waals surface area contributed by atoms with Crippen LogP contribution in [0.3, 0.4) is 0 Å². The van der Waals surface area contributed by atoms with Crippen LogP contribution in [0.15, 0.2) is 28.7 Å². The van der Waals surface area contributed by atoms with Crippen molar-refractivity contribution in [3.8, 4) is 0 Å². The maximum atomic E-state index is 3.58. The Kier molecular flexibility index (Phi) is 5.49. The van der Waals surface area contributed by atoms with Crippen LogP contribution in [-0.2, 0) is 6.42 Å². The number of halogens is 1. The molecule has 0 fully saturated rings. The van der Waals surface area contributed by atoms with Crippen molar-refractivity contribution in [3.05, 3.63) is 39.9 Å². The van der Waals surface area contributed by atoms with E-state index in [1.807, 2.05) is 0 Å². The van der Waals surface area contributed by atoms with Gasteiger partial charge in [0.1, 0.15) is 0 Å². The standard InChI is InChI=1S/C17H23Br/c1-2-3-4-5-6-7-8-14-9-10-15-11-12-16(18)13-17(14)15/h9,11-13H,2-8,10H2,1H3. The van der Waals surface area contributed by atoms with Crippen molar-refractivity contribution in [2.45, 2.75) is 58.3 Å². The molecule has 0 amide bonds. The number of allylic oxidation sites excluding steroid dienone is 2. The Bertz CT molecular complexity index is 418. The summed E-state index contributed by atoms with van der Waals surface area (Å²) < 4.78 is 1.21. The Morgan fingerprint density at radius 2 is 1.83 bits per heavy atom. The zero-order chi connectivity index (χ0) is 12.8. The highest BCUT2D eigenvalue weighted by atomic mass is 79.9. The molecule has 0 unspecified atom stereocenters. The second kappa shape index (κ2) is 7.13. The van der Waals surface area contributed by atoms with Crippen LogP contribution < -0.4 is 0 Å². The molecule has 18 heavy (non-hydrogen) atoms. The van der Waals surface area contributed by atoms with Crippen molar-refractivity contribution in [1.29, 1.82) is 0 Å². The van der Waals surface area contributed by atoms with E-state index >= 15 is 0 Å². The van der Waals surface area contributed by atoms with Crippen molar-refractivity contribution >= 4 is 21.5 Å². The van der Waals surface area contributed by atoms with Crippen LogP contribution in [-0.4, -0.2) is 0 Å². The lowest BCUT2D eigenvalue weighted by Crippen LogP contribution is -1.86. The van der Waals surface area contributed by atoms with Gasteiger partial charge in [-0.2, -0.15) is 0 Å². The Morgan fingerprint density at radius 3 is 2.67 bits per heavy atom. The van der Waals surface area contributed by atoms with Crippen LogP contribution in [0.4, 0.5) is 0 Å². The minimum Gasteiger partial charge on any atom is -0.0763 e. The molecule has 0 saturated carbocycles. The highest BCUT2D eigenvalue weighted by Gasteiger charge is 2.13. The molecule has 1 aromatic rings. The van der Waals surface area contributed by atoms with Gasteiger partial charge in [-0.3, -0.25) is 0 Å². The molecule has 0 bridgehead atoms. The third kappa shape index (κ3) is 3.71. The Morgan fingerprint density at radius 1 is 1.06 bits per heavy atom. The van der Waals surface area contributed by atoms with Gasteiger partial charge in [-0.1, -0.05) is 67.1 Å². The summed E-state index contributed by atoms with van der Waals surface area (Å²) in [5, 5.41) is 0. The van der Waals surface area contributed by atoms with Gasteiger partial charge >= 0.3 is 0 Å². The molecular formula is C17H23Br. The van der Waals surface area contributed by atoms with Gasteiger partial charge in [0.2, 0.25) is 0 Å². The molecule has 0 heterocycles. The molecule has 1 aliphatic rings. The van der Waals surface area contributed by atoms with Crippen molar-refractivity contribution in [1.82, 2.24) is 0 Å². The van der Waals surface area contributed by atoms with E-state index in [0.717, 1.165) is 6.42 Å². The van der Waals surface area contributed by atoms with Crippen molar-refractivity contribution < 1.29 is 0 Å². The van der Waals surface area contributed by atoms with Gasteiger partial charge in [0, 0.05) is 4.47 Å². The first-order valence-electron chi connectivity index (χ1n) is 7.29. The van der Waals surface area contributed by atoms with E-state index in [0.29, 0.717) is 0 Å². The summed E-state index contributed by atoms with van der Waals surface area (Å²) in [7, 11) is 0. The molecule has 0 spiro atoms. The molecule has 0 N–H and O–H groups in total.